The Morgan fingerprint density at radius 2 is 1.72 bits per heavy atom. The van der Waals surface area contributed by atoms with Gasteiger partial charge < -0.3 is 9.80 Å². The molecule has 0 radical (unpaired) electrons. The summed E-state index contributed by atoms with van der Waals surface area (Å²) in [6, 6.07) is 5.23. The Kier molecular flexibility index (Phi) is 4.03. The molecule has 4 rings (SSSR count). The van der Waals surface area contributed by atoms with Gasteiger partial charge in [0.05, 0.1) is 11.3 Å². The first kappa shape index (κ1) is 16.8. The van der Waals surface area contributed by atoms with Crippen LogP contribution in [0.25, 0.3) is 11.3 Å². The SMILES string of the molecule is CN1CCC2(CC1)CN(c1nc(-c3ccc(C(F)(F)F)cc3)cs1)C2. The Labute approximate surface area is 149 Å². The van der Waals surface area contributed by atoms with Crippen LogP contribution >= 0.6 is 11.3 Å². The molecule has 134 valence electrons. The lowest BCUT2D eigenvalue weighted by Gasteiger charge is -2.53. The Morgan fingerprint density at radius 1 is 1.08 bits per heavy atom. The van der Waals surface area contributed by atoms with Gasteiger partial charge in [0.15, 0.2) is 5.13 Å². The molecule has 3 nitrogen and oxygen atoms in total. The molecule has 0 aliphatic carbocycles. The second kappa shape index (κ2) is 5.99. The van der Waals surface area contributed by atoms with Gasteiger partial charge in [0.1, 0.15) is 0 Å². The number of rotatable bonds is 2. The highest BCUT2D eigenvalue weighted by Gasteiger charge is 2.45. The van der Waals surface area contributed by atoms with Crippen LogP contribution in [0.2, 0.25) is 0 Å². The molecule has 7 heteroatoms. The molecule has 0 atom stereocenters. The molecule has 25 heavy (non-hydrogen) atoms. The predicted octanol–water partition coefficient (Wildman–Crippen LogP) is 4.36. The maximum Gasteiger partial charge on any atom is 0.416 e. The summed E-state index contributed by atoms with van der Waals surface area (Å²) in [5.74, 6) is 0. The molecule has 1 spiro atoms. The van der Waals surface area contributed by atoms with Gasteiger partial charge in [-0.15, -0.1) is 11.3 Å². The largest absolute Gasteiger partial charge is 0.416 e. The molecule has 2 aliphatic heterocycles. The van der Waals surface area contributed by atoms with Crippen molar-refractivity contribution in [3.8, 4) is 11.3 Å². The third kappa shape index (κ3) is 3.27. The first-order valence-corrected chi connectivity index (χ1v) is 9.29. The first-order chi connectivity index (χ1) is 11.8. The lowest BCUT2D eigenvalue weighted by atomic mass is 9.72. The number of halogens is 3. The second-order valence-corrected chi connectivity index (χ2v) is 8.09. The van der Waals surface area contributed by atoms with E-state index in [0.717, 1.165) is 54.7 Å². The van der Waals surface area contributed by atoms with E-state index in [0.29, 0.717) is 5.41 Å². The van der Waals surface area contributed by atoms with Crippen molar-refractivity contribution in [1.29, 1.82) is 0 Å². The number of nitrogens with zero attached hydrogens (tertiary/aromatic N) is 3. The van der Waals surface area contributed by atoms with Crippen LogP contribution in [-0.2, 0) is 6.18 Å². The van der Waals surface area contributed by atoms with Crippen LogP contribution in [0.3, 0.4) is 0 Å². The van der Waals surface area contributed by atoms with E-state index in [4.69, 9.17) is 0 Å². The normalized spacial score (nSPS) is 20.7. The van der Waals surface area contributed by atoms with Crippen molar-refractivity contribution in [3.05, 3.63) is 35.2 Å². The van der Waals surface area contributed by atoms with Gasteiger partial charge in [0.25, 0.3) is 0 Å². The van der Waals surface area contributed by atoms with Crippen LogP contribution < -0.4 is 4.90 Å². The van der Waals surface area contributed by atoms with E-state index >= 15 is 0 Å². The average Bonchev–Trinajstić information content (AvgIpc) is 3.03. The topological polar surface area (TPSA) is 19.4 Å². The highest BCUT2D eigenvalue weighted by atomic mass is 32.1. The van der Waals surface area contributed by atoms with Gasteiger partial charge in [0.2, 0.25) is 0 Å². The number of piperidine rings is 1. The van der Waals surface area contributed by atoms with Crippen LogP contribution in [-0.4, -0.2) is 43.1 Å². The highest BCUT2D eigenvalue weighted by molar-refractivity contribution is 7.14. The molecule has 0 saturated carbocycles. The number of thiazole rings is 1. The third-order valence-electron chi connectivity index (χ3n) is 5.37. The molecule has 3 heterocycles. The van der Waals surface area contributed by atoms with E-state index < -0.39 is 11.7 Å². The summed E-state index contributed by atoms with van der Waals surface area (Å²) in [5, 5.41) is 2.90. The van der Waals surface area contributed by atoms with Crippen molar-refractivity contribution < 1.29 is 13.2 Å². The summed E-state index contributed by atoms with van der Waals surface area (Å²) in [4.78, 5) is 9.31. The molecule has 0 N–H and O–H groups in total. The van der Waals surface area contributed by atoms with Gasteiger partial charge >= 0.3 is 6.18 Å². The third-order valence-corrected chi connectivity index (χ3v) is 6.27. The quantitative estimate of drug-likeness (QED) is 0.786. The molecule has 2 saturated heterocycles. The molecule has 1 aromatic heterocycles. The van der Waals surface area contributed by atoms with Gasteiger partial charge in [-0.3, -0.25) is 0 Å². The molecule has 0 bridgehead atoms. The minimum absolute atomic E-state index is 0.437. The maximum absolute atomic E-state index is 12.7. The van der Waals surface area contributed by atoms with E-state index in [1.165, 1.54) is 25.0 Å². The molecule has 1 aromatic carbocycles. The molecular weight excluding hydrogens is 347 g/mol. The summed E-state index contributed by atoms with van der Waals surface area (Å²) in [6.07, 6.45) is -1.83. The van der Waals surface area contributed by atoms with Gasteiger partial charge in [0, 0.05) is 29.4 Å². The lowest BCUT2D eigenvalue weighted by molar-refractivity contribution is -0.137. The molecule has 2 fully saturated rings. The van der Waals surface area contributed by atoms with Crippen LogP contribution in [0.1, 0.15) is 18.4 Å². The lowest BCUT2D eigenvalue weighted by Crippen LogP contribution is -2.60. The summed E-state index contributed by atoms with van der Waals surface area (Å²) in [6.45, 7) is 4.40. The van der Waals surface area contributed by atoms with Crippen LogP contribution in [0, 0.1) is 5.41 Å². The number of hydrogen-bond donors (Lipinski definition) is 0. The highest BCUT2D eigenvalue weighted by Crippen LogP contribution is 2.43. The first-order valence-electron chi connectivity index (χ1n) is 8.41. The Hall–Kier alpha value is -1.60. The van der Waals surface area contributed by atoms with Gasteiger partial charge in [-0.1, -0.05) is 12.1 Å². The van der Waals surface area contributed by atoms with E-state index in [-0.39, 0.29) is 0 Å². The van der Waals surface area contributed by atoms with Crippen LogP contribution in [0.15, 0.2) is 29.6 Å². The smallest absolute Gasteiger partial charge is 0.347 e. The summed E-state index contributed by atoms with van der Waals surface area (Å²) < 4.78 is 38.0. The van der Waals surface area contributed by atoms with Crippen molar-refractivity contribution in [2.24, 2.45) is 5.41 Å². The molecule has 0 amide bonds. The molecule has 2 aromatic rings. The minimum atomic E-state index is -4.30. The van der Waals surface area contributed by atoms with Crippen molar-refractivity contribution in [3.63, 3.8) is 0 Å². The zero-order valence-electron chi connectivity index (χ0n) is 14.0. The van der Waals surface area contributed by atoms with Gasteiger partial charge in [-0.2, -0.15) is 13.2 Å². The number of benzene rings is 1. The Morgan fingerprint density at radius 3 is 2.32 bits per heavy atom. The summed E-state index contributed by atoms with van der Waals surface area (Å²) in [5.41, 5.74) is 1.29. The van der Waals surface area contributed by atoms with Crippen molar-refractivity contribution >= 4 is 16.5 Å². The summed E-state index contributed by atoms with van der Waals surface area (Å²) in [7, 11) is 2.17. The fourth-order valence-corrected chi connectivity index (χ4v) is 4.51. The van der Waals surface area contributed by atoms with Crippen molar-refractivity contribution in [2.45, 2.75) is 19.0 Å². The Bertz CT molecular complexity index is 738. The number of hydrogen-bond acceptors (Lipinski definition) is 4. The molecular formula is C18H20F3N3S. The number of likely N-dealkylation sites (tertiary alicyclic amines) is 1. The predicted molar refractivity (Wildman–Crippen MR) is 93.9 cm³/mol. The van der Waals surface area contributed by atoms with E-state index in [9.17, 15) is 13.2 Å². The van der Waals surface area contributed by atoms with E-state index in [2.05, 4.69) is 21.8 Å². The number of anilines is 1. The van der Waals surface area contributed by atoms with E-state index in [1.807, 2.05) is 5.38 Å². The second-order valence-electron chi connectivity index (χ2n) is 7.25. The summed E-state index contributed by atoms with van der Waals surface area (Å²) >= 11 is 1.57. The Balaban J connectivity index is 1.43. The van der Waals surface area contributed by atoms with Crippen LogP contribution in [0.4, 0.5) is 18.3 Å². The molecule has 2 aliphatic rings. The van der Waals surface area contributed by atoms with Crippen molar-refractivity contribution in [1.82, 2.24) is 9.88 Å². The zero-order valence-corrected chi connectivity index (χ0v) is 14.8. The van der Waals surface area contributed by atoms with Gasteiger partial charge in [-0.05, 0) is 45.1 Å². The van der Waals surface area contributed by atoms with Gasteiger partial charge in [-0.25, -0.2) is 4.98 Å². The standard InChI is InChI=1S/C18H20F3N3S/c1-23-8-6-17(7-9-23)11-24(12-17)16-22-15(10-25-16)13-2-4-14(5-3-13)18(19,20)21/h2-5,10H,6-9,11-12H2,1H3. The number of alkyl halides is 3. The average molecular weight is 367 g/mol. The fourth-order valence-electron chi connectivity index (χ4n) is 3.68. The van der Waals surface area contributed by atoms with E-state index in [1.54, 1.807) is 11.3 Å². The minimum Gasteiger partial charge on any atom is -0.347 e. The maximum atomic E-state index is 12.7. The van der Waals surface area contributed by atoms with Crippen molar-refractivity contribution in [2.75, 3.05) is 38.1 Å². The number of aromatic nitrogens is 1. The van der Waals surface area contributed by atoms with Crippen LogP contribution in [0.5, 0.6) is 0 Å². The monoisotopic (exact) mass is 367 g/mol. The zero-order chi connectivity index (χ0) is 17.7. The fraction of sp³-hybridized carbons (Fsp3) is 0.500. The molecule has 0 unspecified atom stereocenters.